The Bertz CT molecular complexity index is 695. The molecule has 0 spiro atoms. The van der Waals surface area contributed by atoms with Gasteiger partial charge < -0.3 is 14.0 Å². The minimum Gasteiger partial charge on any atom is -0.483 e. The summed E-state index contributed by atoms with van der Waals surface area (Å²) in [7, 11) is 1.87. The number of rotatable bonds is 7. The van der Waals surface area contributed by atoms with E-state index in [1.54, 1.807) is 6.92 Å². The van der Waals surface area contributed by atoms with E-state index in [0.717, 1.165) is 16.9 Å². The molecule has 0 aliphatic rings. The minimum atomic E-state index is -0.258. The van der Waals surface area contributed by atoms with Crippen molar-refractivity contribution < 1.29 is 14.3 Å². The Morgan fingerprint density at radius 3 is 2.54 bits per heavy atom. The van der Waals surface area contributed by atoms with Crippen molar-refractivity contribution in [2.45, 2.75) is 39.0 Å². The van der Waals surface area contributed by atoms with Crippen LogP contribution in [0.3, 0.4) is 0 Å². The average molecular weight is 349 g/mol. The molecule has 0 fully saturated rings. The Hall–Kier alpha value is -2.02. The van der Waals surface area contributed by atoms with Crippen LogP contribution in [-0.2, 0) is 16.6 Å². The number of hydrogen-bond acceptors (Lipinski definition) is 6. The van der Waals surface area contributed by atoms with Crippen molar-refractivity contribution in [3.8, 4) is 5.75 Å². The summed E-state index contributed by atoms with van der Waals surface area (Å²) in [5.74, 6) is 1.47. The SMILES string of the molecule is CCOC(=O)CSc1nnc(C(C)Oc2cc(C)cc(C)c2)n1C. The van der Waals surface area contributed by atoms with Crippen LogP contribution in [0.25, 0.3) is 0 Å². The monoisotopic (exact) mass is 349 g/mol. The predicted molar refractivity (Wildman–Crippen MR) is 93.3 cm³/mol. The van der Waals surface area contributed by atoms with E-state index in [9.17, 15) is 4.79 Å². The van der Waals surface area contributed by atoms with Gasteiger partial charge in [0.15, 0.2) is 17.1 Å². The van der Waals surface area contributed by atoms with Crippen LogP contribution in [0.1, 0.15) is 36.9 Å². The van der Waals surface area contributed by atoms with Crippen molar-refractivity contribution in [1.29, 1.82) is 0 Å². The van der Waals surface area contributed by atoms with Gasteiger partial charge in [-0.25, -0.2) is 0 Å². The van der Waals surface area contributed by atoms with Crippen molar-refractivity contribution in [2.75, 3.05) is 12.4 Å². The quantitative estimate of drug-likeness (QED) is 0.565. The fourth-order valence-electron chi connectivity index (χ4n) is 2.39. The lowest BCUT2D eigenvalue weighted by Crippen LogP contribution is -2.11. The zero-order valence-corrected chi connectivity index (χ0v) is 15.5. The molecule has 1 heterocycles. The highest BCUT2D eigenvalue weighted by Crippen LogP contribution is 2.25. The first-order valence-electron chi connectivity index (χ1n) is 7.83. The molecule has 0 saturated heterocycles. The zero-order chi connectivity index (χ0) is 17.7. The van der Waals surface area contributed by atoms with Gasteiger partial charge in [-0.15, -0.1) is 10.2 Å². The standard InChI is InChI=1S/C17H23N3O3S/c1-6-22-15(21)10-24-17-19-18-16(20(17)5)13(4)23-14-8-11(2)7-12(3)9-14/h7-9,13H,6,10H2,1-5H3. The fraction of sp³-hybridized carbons (Fsp3) is 0.471. The second-order valence-electron chi connectivity index (χ2n) is 5.58. The highest BCUT2D eigenvalue weighted by Gasteiger charge is 2.18. The van der Waals surface area contributed by atoms with Gasteiger partial charge in [-0.3, -0.25) is 4.79 Å². The summed E-state index contributed by atoms with van der Waals surface area (Å²) in [6.07, 6.45) is -0.249. The number of thioether (sulfide) groups is 1. The number of carbonyl (C=O) groups is 1. The van der Waals surface area contributed by atoms with Crippen LogP contribution in [0.5, 0.6) is 5.75 Å². The number of aromatic nitrogens is 3. The van der Waals surface area contributed by atoms with Crippen molar-refractivity contribution >= 4 is 17.7 Å². The third-order valence-electron chi connectivity index (χ3n) is 3.36. The summed E-state index contributed by atoms with van der Waals surface area (Å²) in [6.45, 7) is 8.18. The topological polar surface area (TPSA) is 66.2 Å². The number of hydrogen-bond donors (Lipinski definition) is 0. The largest absolute Gasteiger partial charge is 0.483 e. The number of benzene rings is 1. The second kappa shape index (κ2) is 8.19. The highest BCUT2D eigenvalue weighted by molar-refractivity contribution is 7.99. The van der Waals surface area contributed by atoms with Gasteiger partial charge in [0, 0.05) is 7.05 Å². The molecule has 2 rings (SSSR count). The number of ether oxygens (including phenoxy) is 2. The molecule has 1 aromatic carbocycles. The Morgan fingerprint density at radius 1 is 1.25 bits per heavy atom. The van der Waals surface area contributed by atoms with E-state index in [4.69, 9.17) is 9.47 Å². The van der Waals surface area contributed by atoms with E-state index < -0.39 is 0 Å². The van der Waals surface area contributed by atoms with E-state index in [1.165, 1.54) is 11.8 Å². The molecule has 0 aliphatic carbocycles. The van der Waals surface area contributed by atoms with Gasteiger partial charge in [0.1, 0.15) is 5.75 Å². The van der Waals surface area contributed by atoms with Crippen LogP contribution in [-0.4, -0.2) is 33.1 Å². The Kier molecular flexibility index (Phi) is 6.25. The molecule has 0 radical (unpaired) electrons. The molecule has 1 atom stereocenters. The normalized spacial score (nSPS) is 12.0. The van der Waals surface area contributed by atoms with Crippen molar-refractivity contribution in [1.82, 2.24) is 14.8 Å². The molecule has 130 valence electrons. The molecule has 2 aromatic rings. The van der Waals surface area contributed by atoms with E-state index in [-0.39, 0.29) is 17.8 Å². The Morgan fingerprint density at radius 2 is 1.92 bits per heavy atom. The van der Waals surface area contributed by atoms with Gasteiger partial charge in [0.05, 0.1) is 12.4 Å². The lowest BCUT2D eigenvalue weighted by Gasteiger charge is -2.15. The van der Waals surface area contributed by atoms with Gasteiger partial charge in [-0.05, 0) is 51.0 Å². The van der Waals surface area contributed by atoms with Crippen molar-refractivity contribution in [3.05, 3.63) is 35.2 Å². The van der Waals surface area contributed by atoms with E-state index in [0.29, 0.717) is 17.6 Å². The third kappa shape index (κ3) is 4.74. The summed E-state index contributed by atoms with van der Waals surface area (Å²) in [4.78, 5) is 11.4. The summed E-state index contributed by atoms with van der Waals surface area (Å²) >= 11 is 1.30. The molecule has 7 heteroatoms. The van der Waals surface area contributed by atoms with Crippen LogP contribution in [0, 0.1) is 13.8 Å². The van der Waals surface area contributed by atoms with Gasteiger partial charge in [0.2, 0.25) is 0 Å². The molecular formula is C17H23N3O3S. The number of aryl methyl sites for hydroxylation is 2. The molecule has 1 unspecified atom stereocenters. The molecule has 0 saturated carbocycles. The van der Waals surface area contributed by atoms with Crippen LogP contribution in [0.4, 0.5) is 0 Å². The lowest BCUT2D eigenvalue weighted by molar-refractivity contribution is -0.139. The molecular weight excluding hydrogens is 326 g/mol. The molecule has 0 bridgehead atoms. The Balaban J connectivity index is 2.05. The predicted octanol–water partition coefficient (Wildman–Crippen LogP) is 3.23. The first-order valence-corrected chi connectivity index (χ1v) is 8.82. The number of carbonyl (C=O) groups excluding carboxylic acids is 1. The molecule has 1 aromatic heterocycles. The molecule has 0 amide bonds. The maximum Gasteiger partial charge on any atom is 0.316 e. The average Bonchev–Trinajstić information content (AvgIpc) is 2.85. The van der Waals surface area contributed by atoms with Crippen LogP contribution in [0.2, 0.25) is 0 Å². The summed E-state index contributed by atoms with van der Waals surface area (Å²) in [5.41, 5.74) is 2.31. The number of nitrogens with zero attached hydrogens (tertiary/aromatic N) is 3. The van der Waals surface area contributed by atoms with Gasteiger partial charge in [0.25, 0.3) is 0 Å². The minimum absolute atomic E-state index is 0.214. The number of esters is 1. The smallest absolute Gasteiger partial charge is 0.316 e. The first kappa shape index (κ1) is 18.3. The maximum absolute atomic E-state index is 11.4. The molecule has 6 nitrogen and oxygen atoms in total. The van der Waals surface area contributed by atoms with Gasteiger partial charge in [-0.2, -0.15) is 0 Å². The fourth-order valence-corrected chi connectivity index (χ4v) is 3.11. The zero-order valence-electron chi connectivity index (χ0n) is 14.7. The van der Waals surface area contributed by atoms with Gasteiger partial charge in [-0.1, -0.05) is 17.8 Å². The first-order chi connectivity index (χ1) is 11.4. The molecule has 0 aliphatic heterocycles. The van der Waals surface area contributed by atoms with E-state index in [1.807, 2.05) is 44.5 Å². The van der Waals surface area contributed by atoms with E-state index >= 15 is 0 Å². The van der Waals surface area contributed by atoms with Crippen LogP contribution >= 0.6 is 11.8 Å². The lowest BCUT2D eigenvalue weighted by atomic mass is 10.1. The maximum atomic E-state index is 11.4. The van der Waals surface area contributed by atoms with Crippen LogP contribution < -0.4 is 4.74 Å². The third-order valence-corrected chi connectivity index (χ3v) is 4.36. The van der Waals surface area contributed by atoms with Crippen molar-refractivity contribution in [2.24, 2.45) is 7.05 Å². The molecule has 0 N–H and O–H groups in total. The second-order valence-corrected chi connectivity index (χ2v) is 6.52. The summed E-state index contributed by atoms with van der Waals surface area (Å²) < 4.78 is 12.8. The van der Waals surface area contributed by atoms with Crippen LogP contribution in [0.15, 0.2) is 23.4 Å². The summed E-state index contributed by atoms with van der Waals surface area (Å²) in [6, 6.07) is 6.09. The highest BCUT2D eigenvalue weighted by atomic mass is 32.2. The van der Waals surface area contributed by atoms with Gasteiger partial charge >= 0.3 is 5.97 Å². The molecule has 24 heavy (non-hydrogen) atoms. The Labute approximate surface area is 146 Å². The summed E-state index contributed by atoms with van der Waals surface area (Å²) in [5, 5.41) is 8.99. The van der Waals surface area contributed by atoms with E-state index in [2.05, 4.69) is 16.3 Å². The van der Waals surface area contributed by atoms with Crippen molar-refractivity contribution in [3.63, 3.8) is 0 Å².